The summed E-state index contributed by atoms with van der Waals surface area (Å²) in [5.74, 6) is -0.289. The van der Waals surface area contributed by atoms with Crippen molar-refractivity contribution in [3.8, 4) is 0 Å². The summed E-state index contributed by atoms with van der Waals surface area (Å²) in [5.41, 5.74) is 1.08. The minimum atomic E-state index is -0.392. The number of rotatable bonds is 5. The van der Waals surface area contributed by atoms with Gasteiger partial charge in [0.05, 0.1) is 17.2 Å². The highest BCUT2D eigenvalue weighted by atomic mass is 79.9. The fourth-order valence-electron chi connectivity index (χ4n) is 2.66. The summed E-state index contributed by atoms with van der Waals surface area (Å²) < 4.78 is 5.65. The number of thiazole rings is 1. The van der Waals surface area contributed by atoms with Crippen LogP contribution in [0.3, 0.4) is 0 Å². The zero-order valence-electron chi connectivity index (χ0n) is 13.8. The number of nitrogens with zero attached hydrogens (tertiary/aromatic N) is 3. The van der Waals surface area contributed by atoms with E-state index in [0.717, 1.165) is 30.3 Å². The maximum absolute atomic E-state index is 12.2. The van der Waals surface area contributed by atoms with E-state index in [1.54, 1.807) is 28.4 Å². The number of hydrogen-bond donors (Lipinski definition) is 1. The van der Waals surface area contributed by atoms with Gasteiger partial charge in [0.1, 0.15) is 0 Å². The van der Waals surface area contributed by atoms with Gasteiger partial charge in [-0.25, -0.2) is 4.98 Å². The minimum Gasteiger partial charge on any atom is -0.444 e. The first-order valence-electron chi connectivity index (χ1n) is 7.96. The summed E-state index contributed by atoms with van der Waals surface area (Å²) >= 11 is 4.80. The predicted molar refractivity (Wildman–Crippen MR) is 97.4 cm³/mol. The van der Waals surface area contributed by atoms with Crippen LogP contribution in [0.1, 0.15) is 21.3 Å². The maximum Gasteiger partial charge on any atom is 0.287 e. The molecule has 1 aliphatic rings. The fourth-order valence-corrected chi connectivity index (χ4v) is 3.57. The molecule has 0 bridgehead atoms. The number of aromatic nitrogens is 1. The molecule has 134 valence electrons. The first-order valence-corrected chi connectivity index (χ1v) is 9.63. The molecule has 0 saturated carbocycles. The fraction of sp³-hybridized carbons (Fsp3) is 0.438. The topological polar surface area (TPSA) is 78.7 Å². The lowest BCUT2D eigenvalue weighted by molar-refractivity contribution is -0.131. The van der Waals surface area contributed by atoms with Gasteiger partial charge >= 0.3 is 0 Å². The minimum absolute atomic E-state index is 0.0254. The summed E-state index contributed by atoms with van der Waals surface area (Å²) in [6.07, 6.45) is 0. The summed E-state index contributed by atoms with van der Waals surface area (Å²) in [5, 5.41) is 5.75. The van der Waals surface area contributed by atoms with Crippen molar-refractivity contribution in [2.75, 3.05) is 32.7 Å². The molecule has 3 heterocycles. The van der Waals surface area contributed by atoms with Gasteiger partial charge in [0.2, 0.25) is 5.91 Å². The molecule has 3 rings (SSSR count). The van der Waals surface area contributed by atoms with Crippen LogP contribution < -0.4 is 5.32 Å². The largest absolute Gasteiger partial charge is 0.444 e. The molecule has 1 saturated heterocycles. The molecule has 0 unspecified atom stereocenters. The molecule has 2 aromatic heterocycles. The smallest absolute Gasteiger partial charge is 0.287 e. The molecule has 1 fully saturated rings. The Morgan fingerprint density at radius 1 is 1.32 bits per heavy atom. The molecule has 0 spiro atoms. The van der Waals surface area contributed by atoms with Crippen molar-refractivity contribution in [3.05, 3.63) is 38.6 Å². The average molecular weight is 427 g/mol. The van der Waals surface area contributed by atoms with E-state index in [4.69, 9.17) is 4.42 Å². The highest BCUT2D eigenvalue weighted by Crippen LogP contribution is 2.14. The van der Waals surface area contributed by atoms with E-state index in [1.807, 2.05) is 6.92 Å². The van der Waals surface area contributed by atoms with Crippen LogP contribution in [0.5, 0.6) is 0 Å². The number of halogens is 1. The van der Waals surface area contributed by atoms with Crippen molar-refractivity contribution in [1.29, 1.82) is 0 Å². The van der Waals surface area contributed by atoms with Crippen LogP contribution in [0.2, 0.25) is 0 Å². The summed E-state index contributed by atoms with van der Waals surface area (Å²) in [4.78, 5) is 32.7. The number of nitrogens with one attached hydrogen (secondary N) is 1. The second-order valence-corrected chi connectivity index (χ2v) is 7.65. The third-order valence-corrected chi connectivity index (χ3v) is 5.22. The van der Waals surface area contributed by atoms with Crippen molar-refractivity contribution in [3.63, 3.8) is 0 Å². The Hall–Kier alpha value is -1.71. The Labute approximate surface area is 158 Å². The molecule has 7 nitrogen and oxygen atoms in total. The highest BCUT2D eigenvalue weighted by molar-refractivity contribution is 9.10. The third kappa shape index (κ3) is 4.90. The van der Waals surface area contributed by atoms with Gasteiger partial charge in [-0.1, -0.05) is 0 Å². The van der Waals surface area contributed by atoms with E-state index in [-0.39, 0.29) is 18.2 Å². The van der Waals surface area contributed by atoms with Crippen molar-refractivity contribution >= 4 is 39.1 Å². The van der Waals surface area contributed by atoms with E-state index in [0.29, 0.717) is 17.8 Å². The van der Waals surface area contributed by atoms with Crippen LogP contribution in [0.15, 0.2) is 26.6 Å². The van der Waals surface area contributed by atoms with E-state index in [1.165, 1.54) is 0 Å². The number of carbonyl (C=O) groups is 2. The van der Waals surface area contributed by atoms with Gasteiger partial charge in [-0.2, -0.15) is 0 Å². The molecule has 25 heavy (non-hydrogen) atoms. The normalized spacial score (nSPS) is 15.4. The molecule has 2 aromatic rings. The standard InChI is InChI=1S/C16H19BrN4O3S/c1-11-19-12(10-25-11)9-20-4-6-21(7-5-20)15(22)8-18-16(23)13-2-3-14(17)24-13/h2-3,10H,4-9H2,1H3,(H,18,23). The molecule has 1 aliphatic heterocycles. The van der Waals surface area contributed by atoms with Crippen molar-refractivity contribution in [1.82, 2.24) is 20.1 Å². The molecule has 9 heteroatoms. The molecule has 0 radical (unpaired) electrons. The van der Waals surface area contributed by atoms with Crippen molar-refractivity contribution in [2.24, 2.45) is 0 Å². The van der Waals surface area contributed by atoms with E-state index in [2.05, 4.69) is 36.5 Å². The SMILES string of the molecule is Cc1nc(CN2CCN(C(=O)CNC(=O)c3ccc(Br)o3)CC2)cs1. The monoisotopic (exact) mass is 426 g/mol. The van der Waals surface area contributed by atoms with Crippen LogP contribution in [-0.2, 0) is 11.3 Å². The number of amides is 2. The number of piperazine rings is 1. The Bertz CT molecular complexity index is 752. The van der Waals surface area contributed by atoms with Crippen LogP contribution >= 0.6 is 27.3 Å². The van der Waals surface area contributed by atoms with Crippen molar-refractivity contribution in [2.45, 2.75) is 13.5 Å². The van der Waals surface area contributed by atoms with Gasteiger partial charge in [-0.15, -0.1) is 11.3 Å². The summed E-state index contributed by atoms with van der Waals surface area (Å²) in [6, 6.07) is 3.20. The molecule has 0 aliphatic carbocycles. The zero-order chi connectivity index (χ0) is 17.8. The Morgan fingerprint density at radius 3 is 2.68 bits per heavy atom. The summed E-state index contributed by atoms with van der Waals surface area (Å²) in [6.45, 7) is 5.72. The van der Waals surface area contributed by atoms with Gasteiger partial charge in [0, 0.05) is 38.1 Å². The van der Waals surface area contributed by atoms with Crippen LogP contribution in [0.4, 0.5) is 0 Å². The number of carbonyl (C=O) groups excluding carboxylic acids is 2. The Kier molecular flexibility index (Phi) is 5.87. The highest BCUT2D eigenvalue weighted by Gasteiger charge is 2.22. The van der Waals surface area contributed by atoms with Crippen LogP contribution in [0, 0.1) is 6.92 Å². The average Bonchev–Trinajstić information content (AvgIpc) is 3.21. The van der Waals surface area contributed by atoms with Gasteiger partial charge in [-0.3, -0.25) is 14.5 Å². The molecule has 1 N–H and O–H groups in total. The summed E-state index contributed by atoms with van der Waals surface area (Å²) in [7, 11) is 0. The first kappa shape index (κ1) is 18.1. The number of furan rings is 1. The second kappa shape index (κ2) is 8.11. The predicted octanol–water partition coefficient (Wildman–Crippen LogP) is 1.88. The van der Waals surface area contributed by atoms with Crippen molar-refractivity contribution < 1.29 is 14.0 Å². The molecule has 0 aromatic carbocycles. The van der Waals surface area contributed by atoms with Gasteiger partial charge in [0.25, 0.3) is 5.91 Å². The molecular formula is C16H19BrN4O3S. The van der Waals surface area contributed by atoms with E-state index >= 15 is 0 Å². The second-order valence-electron chi connectivity index (χ2n) is 5.80. The van der Waals surface area contributed by atoms with E-state index < -0.39 is 5.91 Å². The lowest BCUT2D eigenvalue weighted by Crippen LogP contribution is -2.50. The van der Waals surface area contributed by atoms with Crippen LogP contribution in [0.25, 0.3) is 0 Å². The Balaban J connectivity index is 1.41. The Morgan fingerprint density at radius 2 is 2.08 bits per heavy atom. The first-order chi connectivity index (χ1) is 12.0. The lowest BCUT2D eigenvalue weighted by Gasteiger charge is -2.34. The number of aryl methyl sites for hydroxylation is 1. The molecular weight excluding hydrogens is 408 g/mol. The quantitative estimate of drug-likeness (QED) is 0.789. The zero-order valence-corrected chi connectivity index (χ0v) is 16.2. The third-order valence-electron chi connectivity index (χ3n) is 3.97. The van der Waals surface area contributed by atoms with Crippen LogP contribution in [-0.4, -0.2) is 59.3 Å². The number of hydrogen-bond acceptors (Lipinski definition) is 6. The maximum atomic E-state index is 12.2. The van der Waals surface area contributed by atoms with Gasteiger partial charge < -0.3 is 14.6 Å². The molecule has 2 amide bonds. The lowest BCUT2D eigenvalue weighted by atomic mass is 10.3. The van der Waals surface area contributed by atoms with E-state index in [9.17, 15) is 9.59 Å². The molecule has 0 atom stereocenters. The van der Waals surface area contributed by atoms with Gasteiger partial charge in [0.15, 0.2) is 10.4 Å². The van der Waals surface area contributed by atoms with Gasteiger partial charge in [-0.05, 0) is 35.0 Å².